The number of esters is 2. The quantitative estimate of drug-likeness (QED) is 0.0352. The van der Waals surface area contributed by atoms with E-state index in [1.54, 1.807) is 20.8 Å². The van der Waals surface area contributed by atoms with Crippen LogP contribution in [0.1, 0.15) is 53.9 Å². The van der Waals surface area contributed by atoms with Crippen LogP contribution in [0, 0.1) is 5.41 Å². The van der Waals surface area contributed by atoms with Gasteiger partial charge >= 0.3 is 11.9 Å². The summed E-state index contributed by atoms with van der Waals surface area (Å²) >= 11 is 1.20. The second-order valence-electron chi connectivity index (χ2n) is 14.8. The maximum absolute atomic E-state index is 12.4. The first-order valence-corrected chi connectivity index (χ1v) is 18.4. The minimum atomic E-state index is -1.59. The standard InChI is InChI=1S/C32H58N6O14S/c1-31(2,3)52-21(42)11-20(41)49-14-32(4,5)28(47)29(48)37-7-6-18(39)36-8-9-53-13-19(40)38-12-17-24(44)25(45)22(35)30(50-17)51-27-16(34)10-15(33)23(43)26(27)46/h15-17,22-28,30,43-47H,6-14,33-35H2,1-5H3,(H,36,39)(H,37,48)(H,38,40)/t15-,16+,17-,22-,23+,24-,25-,26-,27-,28+,30-/m1/s1. The van der Waals surface area contributed by atoms with Crippen molar-refractivity contribution in [3.63, 3.8) is 0 Å². The number of amides is 3. The predicted octanol–water partition coefficient (Wildman–Crippen LogP) is -4.94. The summed E-state index contributed by atoms with van der Waals surface area (Å²) in [5.41, 5.74) is 15.8. The van der Waals surface area contributed by atoms with E-state index >= 15 is 0 Å². The molecule has 1 saturated heterocycles. The van der Waals surface area contributed by atoms with Crippen molar-refractivity contribution in [1.82, 2.24) is 16.0 Å². The van der Waals surface area contributed by atoms with Gasteiger partial charge in [0, 0.05) is 49.3 Å². The second kappa shape index (κ2) is 20.8. The van der Waals surface area contributed by atoms with Gasteiger partial charge in [0.05, 0.1) is 24.5 Å². The zero-order valence-electron chi connectivity index (χ0n) is 30.8. The molecule has 0 unspecified atom stereocenters. The van der Waals surface area contributed by atoms with Crippen LogP contribution in [0.5, 0.6) is 0 Å². The van der Waals surface area contributed by atoms with Crippen molar-refractivity contribution in [3.05, 3.63) is 0 Å². The van der Waals surface area contributed by atoms with Crippen LogP contribution in [0.25, 0.3) is 0 Å². The normalized spacial score (nSPS) is 29.8. The van der Waals surface area contributed by atoms with E-state index in [0.717, 1.165) is 0 Å². The zero-order chi connectivity index (χ0) is 40.3. The van der Waals surface area contributed by atoms with Gasteiger partial charge in [-0.15, -0.1) is 0 Å². The molecule has 0 aromatic heterocycles. The van der Waals surface area contributed by atoms with E-state index in [1.165, 1.54) is 25.6 Å². The summed E-state index contributed by atoms with van der Waals surface area (Å²) in [6, 6.07) is -2.76. The minimum absolute atomic E-state index is 0.0119. The first-order chi connectivity index (χ1) is 24.5. The summed E-state index contributed by atoms with van der Waals surface area (Å²) in [6.45, 7) is 7.49. The molecule has 2 rings (SSSR count). The van der Waals surface area contributed by atoms with Gasteiger partial charge in [-0.05, 0) is 27.2 Å². The van der Waals surface area contributed by atoms with Gasteiger partial charge in [-0.2, -0.15) is 11.8 Å². The predicted molar refractivity (Wildman–Crippen MR) is 188 cm³/mol. The Balaban J connectivity index is 1.64. The molecule has 1 heterocycles. The SMILES string of the molecule is CC(C)(C)OC(=O)CC(=O)OCC(C)(C)[C@@H](O)C(=O)NCCC(=O)NCCSCC(=O)NC[C@H]1O[C@H](O[C@H]2[C@H](O)[C@@H](O)[C@H](N)C[C@@H]2N)[C@H](N)[C@@H](O)[C@@H]1O. The third-order valence-electron chi connectivity index (χ3n) is 8.39. The van der Waals surface area contributed by atoms with E-state index in [1.807, 2.05) is 0 Å². The highest BCUT2D eigenvalue weighted by Gasteiger charge is 2.48. The fraction of sp³-hybridized carbons (Fsp3) is 0.844. The van der Waals surface area contributed by atoms with Crippen LogP contribution >= 0.6 is 11.8 Å². The number of carbonyl (C=O) groups is 5. The molecule has 2 aliphatic rings. The van der Waals surface area contributed by atoms with Crippen molar-refractivity contribution in [1.29, 1.82) is 0 Å². The molecule has 53 heavy (non-hydrogen) atoms. The molecule has 14 N–H and O–H groups in total. The molecule has 0 aromatic rings. The van der Waals surface area contributed by atoms with Crippen molar-refractivity contribution in [2.45, 2.75) is 127 Å². The Morgan fingerprint density at radius 3 is 2.15 bits per heavy atom. The fourth-order valence-corrected chi connectivity index (χ4v) is 5.97. The number of rotatable bonds is 18. The molecule has 1 aliphatic heterocycles. The van der Waals surface area contributed by atoms with Gasteiger partial charge in [0.15, 0.2) is 6.29 Å². The topological polar surface area (TPSA) is 338 Å². The lowest BCUT2D eigenvalue weighted by Gasteiger charge is -2.45. The molecule has 0 radical (unpaired) electrons. The Hall–Kier alpha value is -2.70. The Bertz CT molecular complexity index is 1240. The molecule has 20 nitrogen and oxygen atoms in total. The van der Waals surface area contributed by atoms with Crippen LogP contribution in [-0.4, -0.2) is 166 Å². The lowest BCUT2D eigenvalue weighted by molar-refractivity contribution is -0.288. The third-order valence-corrected chi connectivity index (χ3v) is 9.35. The summed E-state index contributed by atoms with van der Waals surface area (Å²) in [7, 11) is 0. The van der Waals surface area contributed by atoms with E-state index < -0.39 is 114 Å². The van der Waals surface area contributed by atoms with Crippen LogP contribution in [0.2, 0.25) is 0 Å². The molecule has 3 amide bonds. The zero-order valence-corrected chi connectivity index (χ0v) is 31.6. The van der Waals surface area contributed by atoms with Crippen LogP contribution in [0.4, 0.5) is 0 Å². The van der Waals surface area contributed by atoms with Gasteiger partial charge < -0.3 is 77.6 Å². The monoisotopic (exact) mass is 782 g/mol. The van der Waals surface area contributed by atoms with Crippen molar-refractivity contribution < 1.29 is 68.5 Å². The lowest BCUT2D eigenvalue weighted by atomic mass is 9.84. The Kier molecular flexibility index (Phi) is 18.3. The molecule has 0 aromatic carbocycles. The Labute approximate surface area is 312 Å². The molecule has 0 bridgehead atoms. The van der Waals surface area contributed by atoms with Crippen LogP contribution < -0.4 is 33.2 Å². The lowest BCUT2D eigenvalue weighted by Crippen LogP contribution is -2.67. The fourth-order valence-electron chi connectivity index (χ4n) is 5.29. The Morgan fingerprint density at radius 1 is 0.849 bits per heavy atom. The van der Waals surface area contributed by atoms with Crippen molar-refractivity contribution in [2.24, 2.45) is 22.6 Å². The number of hydrogen-bond donors (Lipinski definition) is 11. The summed E-state index contributed by atoms with van der Waals surface area (Å²) in [5, 5.41) is 59.6. The highest BCUT2D eigenvalue weighted by Crippen LogP contribution is 2.27. The molecule has 1 saturated carbocycles. The number of nitrogens with two attached hydrogens (primary N) is 3. The average Bonchev–Trinajstić information content (AvgIpc) is 3.06. The second-order valence-corrected chi connectivity index (χ2v) is 15.9. The van der Waals surface area contributed by atoms with Crippen molar-refractivity contribution in [2.75, 3.05) is 37.7 Å². The number of thioether (sulfide) groups is 1. The number of aliphatic hydroxyl groups excluding tert-OH is 5. The van der Waals surface area contributed by atoms with Crippen LogP contribution in [0.3, 0.4) is 0 Å². The maximum atomic E-state index is 12.4. The molecular formula is C32H58N6O14S. The smallest absolute Gasteiger partial charge is 0.317 e. The minimum Gasteiger partial charge on any atom is -0.465 e. The summed E-state index contributed by atoms with van der Waals surface area (Å²) in [4.78, 5) is 60.8. The van der Waals surface area contributed by atoms with Crippen LogP contribution in [-0.2, 0) is 42.9 Å². The van der Waals surface area contributed by atoms with E-state index in [0.29, 0.717) is 5.75 Å². The maximum Gasteiger partial charge on any atom is 0.317 e. The molecule has 21 heteroatoms. The van der Waals surface area contributed by atoms with Gasteiger partial charge in [-0.3, -0.25) is 24.0 Å². The van der Waals surface area contributed by atoms with E-state index in [4.69, 9.17) is 36.1 Å². The first-order valence-electron chi connectivity index (χ1n) is 17.3. The molecule has 1 aliphatic carbocycles. The summed E-state index contributed by atoms with van der Waals surface area (Å²) in [6.07, 6.45) is -11.5. The number of nitrogens with one attached hydrogen (secondary N) is 3. The molecule has 2 fully saturated rings. The first kappa shape index (κ1) is 46.5. The van der Waals surface area contributed by atoms with Crippen LogP contribution in [0.15, 0.2) is 0 Å². The molecule has 11 atom stereocenters. The van der Waals surface area contributed by atoms with Gasteiger partial charge in [-0.25, -0.2) is 0 Å². The van der Waals surface area contributed by atoms with Gasteiger partial charge in [0.2, 0.25) is 17.7 Å². The average molecular weight is 783 g/mol. The highest BCUT2D eigenvalue weighted by molar-refractivity contribution is 7.99. The Morgan fingerprint density at radius 2 is 1.51 bits per heavy atom. The number of aliphatic hydroxyl groups is 5. The summed E-state index contributed by atoms with van der Waals surface area (Å²) < 4.78 is 21.5. The largest absolute Gasteiger partial charge is 0.465 e. The van der Waals surface area contributed by atoms with E-state index in [9.17, 15) is 49.5 Å². The third kappa shape index (κ3) is 15.2. The highest BCUT2D eigenvalue weighted by atomic mass is 32.2. The molecule has 306 valence electrons. The van der Waals surface area contributed by atoms with Crippen molar-refractivity contribution in [3.8, 4) is 0 Å². The van der Waals surface area contributed by atoms with Crippen molar-refractivity contribution >= 4 is 41.4 Å². The molecule has 0 spiro atoms. The van der Waals surface area contributed by atoms with E-state index in [2.05, 4.69) is 16.0 Å². The van der Waals surface area contributed by atoms with Gasteiger partial charge in [0.1, 0.15) is 48.6 Å². The molecular weight excluding hydrogens is 724 g/mol. The summed E-state index contributed by atoms with van der Waals surface area (Å²) in [5.74, 6) is -2.89. The number of carbonyl (C=O) groups excluding carboxylic acids is 5. The van der Waals surface area contributed by atoms with Gasteiger partial charge in [-0.1, -0.05) is 13.8 Å². The number of hydrogen-bond acceptors (Lipinski definition) is 18. The van der Waals surface area contributed by atoms with E-state index in [-0.39, 0.29) is 44.8 Å². The van der Waals surface area contributed by atoms with Gasteiger partial charge in [0.25, 0.3) is 0 Å². The number of ether oxygens (including phenoxy) is 4.